The topological polar surface area (TPSA) is 91.8 Å². The zero-order chi connectivity index (χ0) is 15.2. The van der Waals surface area contributed by atoms with E-state index < -0.39 is 4.92 Å². The average Bonchev–Trinajstić information content (AvgIpc) is 2.47. The highest BCUT2D eigenvalue weighted by atomic mass is 16.6. The molecule has 0 saturated heterocycles. The largest absolute Gasteiger partial charge is 0.370 e. The van der Waals surface area contributed by atoms with Crippen LogP contribution in [0, 0.1) is 28.4 Å². The van der Waals surface area contributed by atoms with Gasteiger partial charge < -0.3 is 5.32 Å². The van der Waals surface area contributed by atoms with Crippen LogP contribution in [0.2, 0.25) is 0 Å². The molecule has 0 amide bonds. The van der Waals surface area contributed by atoms with E-state index in [0.717, 1.165) is 17.7 Å². The molecule has 0 unspecified atom stereocenters. The molecule has 21 heavy (non-hydrogen) atoms. The lowest BCUT2D eigenvalue weighted by molar-refractivity contribution is -0.384. The highest BCUT2D eigenvalue weighted by molar-refractivity contribution is 5.44. The average molecular weight is 282 g/mol. The maximum absolute atomic E-state index is 10.6. The summed E-state index contributed by atoms with van der Waals surface area (Å²) < 4.78 is 0. The quantitative estimate of drug-likeness (QED) is 0.672. The summed E-state index contributed by atoms with van der Waals surface area (Å²) >= 11 is 0. The zero-order valence-corrected chi connectivity index (χ0v) is 11.5. The van der Waals surface area contributed by atoms with Crippen molar-refractivity contribution in [2.75, 3.05) is 11.9 Å². The Morgan fingerprint density at radius 3 is 2.67 bits per heavy atom. The van der Waals surface area contributed by atoms with E-state index >= 15 is 0 Å². The molecule has 0 saturated carbocycles. The number of rotatable bonds is 5. The minimum atomic E-state index is -0.415. The summed E-state index contributed by atoms with van der Waals surface area (Å²) in [7, 11) is 0. The number of hydrogen-bond acceptors (Lipinski definition) is 5. The molecule has 6 heteroatoms. The summed E-state index contributed by atoms with van der Waals surface area (Å²) in [5.74, 6) is 0.661. The van der Waals surface area contributed by atoms with Gasteiger partial charge in [0, 0.05) is 24.4 Å². The SMILES string of the molecule is Cc1cc(C#N)cc(NCCc2ccc([N+](=O)[O-])cc2)n1. The standard InChI is InChI=1S/C15H14N4O2/c1-11-8-13(10-16)9-15(18-11)17-7-6-12-2-4-14(5-3-12)19(20)21/h2-5,8-9H,6-7H2,1H3,(H,17,18). The molecule has 1 aromatic carbocycles. The molecule has 2 aromatic rings. The van der Waals surface area contributed by atoms with Gasteiger partial charge in [0.15, 0.2) is 0 Å². The van der Waals surface area contributed by atoms with Crippen LogP contribution in [0.15, 0.2) is 36.4 Å². The molecule has 0 spiro atoms. The van der Waals surface area contributed by atoms with Crippen LogP contribution in [0.1, 0.15) is 16.8 Å². The Balaban J connectivity index is 1.94. The first-order valence-corrected chi connectivity index (χ1v) is 6.44. The second-order valence-electron chi connectivity index (χ2n) is 4.59. The van der Waals surface area contributed by atoms with Crippen molar-refractivity contribution in [2.24, 2.45) is 0 Å². The first-order chi connectivity index (χ1) is 10.1. The van der Waals surface area contributed by atoms with Crippen molar-refractivity contribution in [3.63, 3.8) is 0 Å². The van der Waals surface area contributed by atoms with Crippen LogP contribution in [0.3, 0.4) is 0 Å². The number of nitro benzene ring substituents is 1. The molecule has 0 fully saturated rings. The van der Waals surface area contributed by atoms with Crippen LogP contribution in [0.5, 0.6) is 0 Å². The molecule has 106 valence electrons. The molecule has 1 N–H and O–H groups in total. The number of benzene rings is 1. The van der Waals surface area contributed by atoms with Gasteiger partial charge in [0.05, 0.1) is 16.6 Å². The fourth-order valence-corrected chi connectivity index (χ4v) is 1.94. The van der Waals surface area contributed by atoms with E-state index in [0.29, 0.717) is 17.9 Å². The molecule has 0 aliphatic heterocycles. The summed E-state index contributed by atoms with van der Waals surface area (Å²) in [4.78, 5) is 14.4. The number of nitriles is 1. The smallest absolute Gasteiger partial charge is 0.269 e. The van der Waals surface area contributed by atoms with Crippen LogP contribution < -0.4 is 5.32 Å². The molecule has 0 radical (unpaired) electrons. The summed E-state index contributed by atoms with van der Waals surface area (Å²) in [6.07, 6.45) is 0.718. The number of nitrogens with zero attached hydrogens (tertiary/aromatic N) is 3. The van der Waals surface area contributed by atoms with Crippen LogP contribution in [0.25, 0.3) is 0 Å². The van der Waals surface area contributed by atoms with Crippen molar-refractivity contribution in [1.29, 1.82) is 5.26 Å². The van der Waals surface area contributed by atoms with Gasteiger partial charge in [0.25, 0.3) is 5.69 Å². The van der Waals surface area contributed by atoms with Crippen LogP contribution in [-0.2, 0) is 6.42 Å². The second-order valence-corrected chi connectivity index (χ2v) is 4.59. The minimum absolute atomic E-state index is 0.0886. The van der Waals surface area contributed by atoms with Crippen molar-refractivity contribution in [2.45, 2.75) is 13.3 Å². The van der Waals surface area contributed by atoms with Crippen molar-refractivity contribution < 1.29 is 4.92 Å². The molecule has 2 rings (SSSR count). The molecular weight excluding hydrogens is 268 g/mol. The molecule has 0 aliphatic rings. The molecule has 0 bridgehead atoms. The Morgan fingerprint density at radius 2 is 2.05 bits per heavy atom. The highest BCUT2D eigenvalue weighted by Gasteiger charge is 2.04. The van der Waals surface area contributed by atoms with Crippen LogP contribution in [-0.4, -0.2) is 16.5 Å². The van der Waals surface area contributed by atoms with E-state index in [9.17, 15) is 10.1 Å². The second kappa shape index (κ2) is 6.48. The normalized spacial score (nSPS) is 9.90. The monoisotopic (exact) mass is 282 g/mol. The van der Waals surface area contributed by atoms with E-state index in [4.69, 9.17) is 5.26 Å². The van der Waals surface area contributed by atoms with Crippen molar-refractivity contribution >= 4 is 11.5 Å². The van der Waals surface area contributed by atoms with Gasteiger partial charge in [-0.1, -0.05) is 12.1 Å². The Hall–Kier alpha value is -2.94. The van der Waals surface area contributed by atoms with Gasteiger partial charge in [0.1, 0.15) is 5.82 Å². The number of nitro groups is 1. The lowest BCUT2D eigenvalue weighted by Gasteiger charge is -2.07. The number of aryl methyl sites for hydroxylation is 1. The minimum Gasteiger partial charge on any atom is -0.370 e. The maximum atomic E-state index is 10.6. The van der Waals surface area contributed by atoms with Gasteiger partial charge in [0.2, 0.25) is 0 Å². The highest BCUT2D eigenvalue weighted by Crippen LogP contribution is 2.13. The molecule has 1 heterocycles. The number of nitrogens with one attached hydrogen (secondary N) is 1. The number of anilines is 1. The number of hydrogen-bond donors (Lipinski definition) is 1. The van der Waals surface area contributed by atoms with Gasteiger partial charge in [-0.3, -0.25) is 10.1 Å². The van der Waals surface area contributed by atoms with Gasteiger partial charge in [-0.05, 0) is 31.0 Å². The summed E-state index contributed by atoms with van der Waals surface area (Å²) in [5.41, 5.74) is 2.44. The third-order valence-corrected chi connectivity index (χ3v) is 2.95. The van der Waals surface area contributed by atoms with Gasteiger partial charge in [-0.2, -0.15) is 5.26 Å². The molecule has 1 aromatic heterocycles. The zero-order valence-electron chi connectivity index (χ0n) is 11.5. The lowest BCUT2D eigenvalue weighted by atomic mass is 10.1. The van der Waals surface area contributed by atoms with E-state index in [1.165, 1.54) is 12.1 Å². The van der Waals surface area contributed by atoms with E-state index in [-0.39, 0.29) is 5.69 Å². The van der Waals surface area contributed by atoms with E-state index in [2.05, 4.69) is 16.4 Å². The van der Waals surface area contributed by atoms with Crippen molar-refractivity contribution in [3.8, 4) is 6.07 Å². The Kier molecular flexibility index (Phi) is 4.46. The molecular formula is C15H14N4O2. The van der Waals surface area contributed by atoms with E-state index in [1.54, 1.807) is 24.3 Å². The Labute approximate surface area is 122 Å². The van der Waals surface area contributed by atoms with Gasteiger partial charge >= 0.3 is 0 Å². The Bertz CT molecular complexity index is 690. The van der Waals surface area contributed by atoms with Crippen molar-refractivity contribution in [3.05, 3.63) is 63.3 Å². The van der Waals surface area contributed by atoms with Gasteiger partial charge in [-0.25, -0.2) is 4.98 Å². The summed E-state index contributed by atoms with van der Waals surface area (Å²) in [6.45, 7) is 2.47. The van der Waals surface area contributed by atoms with Gasteiger partial charge in [-0.15, -0.1) is 0 Å². The molecule has 6 nitrogen and oxygen atoms in total. The van der Waals surface area contributed by atoms with Crippen LogP contribution in [0.4, 0.5) is 11.5 Å². The maximum Gasteiger partial charge on any atom is 0.269 e. The predicted molar refractivity (Wildman–Crippen MR) is 79.0 cm³/mol. The lowest BCUT2D eigenvalue weighted by Crippen LogP contribution is -2.07. The third-order valence-electron chi connectivity index (χ3n) is 2.95. The summed E-state index contributed by atoms with van der Waals surface area (Å²) in [6, 6.07) is 12.0. The number of pyridine rings is 1. The fourth-order valence-electron chi connectivity index (χ4n) is 1.94. The van der Waals surface area contributed by atoms with E-state index in [1.807, 2.05) is 6.92 Å². The number of non-ortho nitro benzene ring substituents is 1. The first kappa shape index (κ1) is 14.5. The fraction of sp³-hybridized carbons (Fsp3) is 0.200. The Morgan fingerprint density at radius 1 is 1.33 bits per heavy atom. The van der Waals surface area contributed by atoms with Crippen molar-refractivity contribution in [1.82, 2.24) is 4.98 Å². The molecule has 0 atom stereocenters. The number of aromatic nitrogens is 1. The van der Waals surface area contributed by atoms with Crippen LogP contribution >= 0.6 is 0 Å². The first-order valence-electron chi connectivity index (χ1n) is 6.44. The summed E-state index contributed by atoms with van der Waals surface area (Å²) in [5, 5.41) is 22.6. The predicted octanol–water partition coefficient (Wildman–Crippen LogP) is 2.82. The molecule has 0 aliphatic carbocycles. The third kappa shape index (κ3) is 4.01.